The van der Waals surface area contributed by atoms with Gasteiger partial charge < -0.3 is 5.73 Å². The van der Waals surface area contributed by atoms with Crippen molar-refractivity contribution in [3.05, 3.63) is 0 Å². The van der Waals surface area contributed by atoms with Crippen LogP contribution in [0.1, 0.15) is 27.2 Å². The zero-order chi connectivity index (χ0) is 13.0. The molecule has 17 heavy (non-hydrogen) atoms. The molecule has 0 heterocycles. The first-order valence-corrected chi connectivity index (χ1v) is 6.94. The summed E-state index contributed by atoms with van der Waals surface area (Å²) in [6.07, 6.45) is 0.809. The van der Waals surface area contributed by atoms with E-state index in [0.717, 1.165) is 6.42 Å². The van der Waals surface area contributed by atoms with E-state index < -0.39 is 10.2 Å². The van der Waals surface area contributed by atoms with Crippen LogP contribution < -0.4 is 5.73 Å². The Bertz CT molecular complexity index is 307. The molecule has 2 N–H and O–H groups in total. The Kier molecular flexibility index (Phi) is 8.62. The average molecular weight is 288 g/mol. The molecular weight excluding hydrogens is 262 g/mol. The van der Waals surface area contributed by atoms with E-state index in [2.05, 4.69) is 0 Å². The maximum atomic E-state index is 12.0. The van der Waals surface area contributed by atoms with Crippen LogP contribution in [0.2, 0.25) is 0 Å². The van der Waals surface area contributed by atoms with Crippen LogP contribution in [0.15, 0.2) is 0 Å². The van der Waals surface area contributed by atoms with E-state index in [1.807, 2.05) is 20.8 Å². The first kappa shape index (κ1) is 19.5. The molecule has 0 bridgehead atoms. The van der Waals surface area contributed by atoms with Crippen LogP contribution in [0.5, 0.6) is 0 Å². The van der Waals surface area contributed by atoms with E-state index in [9.17, 15) is 8.42 Å². The number of hydrogen-bond donors (Lipinski definition) is 1. The summed E-state index contributed by atoms with van der Waals surface area (Å²) in [5.41, 5.74) is 5.40. The van der Waals surface area contributed by atoms with Crippen molar-refractivity contribution in [1.29, 1.82) is 0 Å². The van der Waals surface area contributed by atoms with Crippen LogP contribution in [0.25, 0.3) is 0 Å². The van der Waals surface area contributed by atoms with Crippen molar-refractivity contribution < 1.29 is 8.42 Å². The minimum atomic E-state index is -3.33. The van der Waals surface area contributed by atoms with Crippen LogP contribution in [0.3, 0.4) is 0 Å². The van der Waals surface area contributed by atoms with Gasteiger partial charge in [-0.2, -0.15) is 17.0 Å². The van der Waals surface area contributed by atoms with Gasteiger partial charge in [-0.05, 0) is 18.4 Å². The van der Waals surface area contributed by atoms with Gasteiger partial charge in [0.05, 0.1) is 0 Å². The third kappa shape index (κ3) is 6.01. The second kappa shape index (κ2) is 7.53. The summed E-state index contributed by atoms with van der Waals surface area (Å²) in [6.45, 7) is 7.30. The summed E-state index contributed by atoms with van der Waals surface area (Å²) >= 11 is 0. The molecule has 0 aliphatic heterocycles. The van der Waals surface area contributed by atoms with Crippen molar-refractivity contribution in [1.82, 2.24) is 8.61 Å². The fourth-order valence-corrected chi connectivity index (χ4v) is 2.82. The van der Waals surface area contributed by atoms with Gasteiger partial charge in [0.15, 0.2) is 0 Å². The minimum absolute atomic E-state index is 0. The lowest BCUT2D eigenvalue weighted by atomic mass is 9.94. The highest BCUT2D eigenvalue weighted by Crippen LogP contribution is 2.17. The fourth-order valence-electron chi connectivity index (χ4n) is 1.42. The van der Waals surface area contributed by atoms with Crippen LogP contribution in [0.4, 0.5) is 0 Å². The minimum Gasteiger partial charge on any atom is -0.330 e. The molecule has 0 saturated carbocycles. The van der Waals surface area contributed by atoms with Gasteiger partial charge in [0, 0.05) is 27.2 Å². The molecule has 7 heteroatoms. The lowest BCUT2D eigenvalue weighted by molar-refractivity contribution is 0.278. The Labute approximate surface area is 112 Å². The molecule has 0 fully saturated rings. The van der Waals surface area contributed by atoms with Crippen LogP contribution in [-0.2, 0) is 10.2 Å². The summed E-state index contributed by atoms with van der Waals surface area (Å²) in [4.78, 5) is 0. The second-order valence-corrected chi connectivity index (χ2v) is 7.10. The van der Waals surface area contributed by atoms with Crippen molar-refractivity contribution in [3.63, 3.8) is 0 Å². The van der Waals surface area contributed by atoms with E-state index in [-0.39, 0.29) is 17.8 Å². The predicted octanol–water partition coefficient (Wildman–Crippen LogP) is 0.911. The molecule has 0 aromatic rings. The molecule has 0 aromatic heterocycles. The molecule has 5 nitrogen and oxygen atoms in total. The van der Waals surface area contributed by atoms with Crippen LogP contribution >= 0.6 is 12.4 Å². The van der Waals surface area contributed by atoms with Gasteiger partial charge in [-0.15, -0.1) is 12.4 Å². The third-order valence-corrected chi connectivity index (χ3v) is 4.42. The molecule has 0 saturated heterocycles. The standard InChI is InChI=1S/C10H25N3O2S.ClH/c1-6-7-12(4)16(14,15)13(5)9-10(2,3)8-11;/h6-9,11H2,1-5H3;1H. The van der Waals surface area contributed by atoms with Crippen molar-refractivity contribution in [2.45, 2.75) is 27.2 Å². The first-order valence-electron chi connectivity index (χ1n) is 5.55. The largest absolute Gasteiger partial charge is 0.330 e. The lowest BCUT2D eigenvalue weighted by Crippen LogP contribution is -2.45. The summed E-state index contributed by atoms with van der Waals surface area (Å²) in [6, 6.07) is 0. The Morgan fingerprint density at radius 3 is 2.00 bits per heavy atom. The highest BCUT2D eigenvalue weighted by molar-refractivity contribution is 7.86. The zero-order valence-corrected chi connectivity index (χ0v) is 13.1. The molecule has 0 unspecified atom stereocenters. The van der Waals surface area contributed by atoms with Gasteiger partial charge in [-0.1, -0.05) is 20.8 Å². The summed E-state index contributed by atoms with van der Waals surface area (Å²) < 4.78 is 26.8. The molecule has 0 rings (SSSR count). The molecular formula is C10H26ClN3O2S. The Morgan fingerprint density at radius 1 is 1.18 bits per heavy atom. The summed E-state index contributed by atoms with van der Waals surface area (Å²) in [5, 5.41) is 0. The lowest BCUT2D eigenvalue weighted by Gasteiger charge is -2.31. The smallest absolute Gasteiger partial charge is 0.281 e. The highest BCUT2D eigenvalue weighted by atomic mass is 35.5. The zero-order valence-electron chi connectivity index (χ0n) is 11.4. The molecule has 0 radical (unpaired) electrons. The van der Waals surface area contributed by atoms with Crippen molar-refractivity contribution in [2.75, 3.05) is 33.7 Å². The van der Waals surface area contributed by atoms with Crippen LogP contribution in [-0.4, -0.2) is 50.8 Å². The molecule has 0 aliphatic rings. The van der Waals surface area contributed by atoms with E-state index >= 15 is 0 Å². The van der Waals surface area contributed by atoms with Crippen molar-refractivity contribution in [2.24, 2.45) is 11.1 Å². The van der Waals surface area contributed by atoms with Gasteiger partial charge in [0.1, 0.15) is 0 Å². The summed E-state index contributed by atoms with van der Waals surface area (Å²) in [7, 11) is -0.135. The van der Waals surface area contributed by atoms with E-state index in [0.29, 0.717) is 19.6 Å². The molecule has 0 amide bonds. The quantitative estimate of drug-likeness (QED) is 0.757. The monoisotopic (exact) mass is 287 g/mol. The van der Waals surface area contributed by atoms with E-state index in [1.54, 1.807) is 14.1 Å². The molecule has 0 aliphatic carbocycles. The number of nitrogens with two attached hydrogens (primary N) is 1. The van der Waals surface area contributed by atoms with Gasteiger partial charge in [0.2, 0.25) is 0 Å². The van der Waals surface area contributed by atoms with Gasteiger partial charge in [-0.3, -0.25) is 0 Å². The van der Waals surface area contributed by atoms with E-state index in [1.165, 1.54) is 8.61 Å². The topological polar surface area (TPSA) is 66.6 Å². The number of hydrogen-bond acceptors (Lipinski definition) is 3. The molecule has 0 spiro atoms. The van der Waals surface area contributed by atoms with Gasteiger partial charge >= 0.3 is 0 Å². The average Bonchev–Trinajstić information content (AvgIpc) is 2.17. The van der Waals surface area contributed by atoms with Gasteiger partial charge in [0.25, 0.3) is 10.2 Å². The first-order chi connectivity index (χ1) is 7.17. The summed E-state index contributed by atoms with van der Waals surface area (Å²) in [5.74, 6) is 0. The molecule has 0 aromatic carbocycles. The van der Waals surface area contributed by atoms with Crippen molar-refractivity contribution in [3.8, 4) is 0 Å². The van der Waals surface area contributed by atoms with Gasteiger partial charge in [-0.25, -0.2) is 0 Å². The highest BCUT2D eigenvalue weighted by Gasteiger charge is 2.28. The van der Waals surface area contributed by atoms with Crippen molar-refractivity contribution >= 4 is 22.6 Å². The predicted molar refractivity (Wildman–Crippen MR) is 74.6 cm³/mol. The number of rotatable bonds is 7. The second-order valence-electron chi connectivity index (χ2n) is 4.95. The molecule has 106 valence electrons. The number of nitrogens with zero attached hydrogens (tertiary/aromatic N) is 2. The maximum Gasteiger partial charge on any atom is 0.281 e. The molecule has 0 atom stereocenters. The number of halogens is 1. The fraction of sp³-hybridized carbons (Fsp3) is 1.00. The SMILES string of the molecule is CCCN(C)S(=O)(=O)N(C)CC(C)(C)CN.Cl. The maximum absolute atomic E-state index is 12.0. The Balaban J connectivity index is 0. The third-order valence-electron chi connectivity index (χ3n) is 2.53. The Morgan fingerprint density at radius 2 is 1.65 bits per heavy atom. The van der Waals surface area contributed by atoms with E-state index in [4.69, 9.17) is 5.73 Å². The normalized spacial score (nSPS) is 12.9. The Hall–Kier alpha value is 0.120. The van der Waals surface area contributed by atoms with Crippen LogP contribution in [0, 0.1) is 5.41 Å².